The number of carbonyl (C=O) groups is 1. The number of aromatic nitrogens is 1. The number of amides is 1. The molecule has 140 valence electrons. The first-order valence-electron chi connectivity index (χ1n) is 8.54. The van der Waals surface area contributed by atoms with Crippen LogP contribution in [-0.4, -0.2) is 30.6 Å². The number of rotatable bonds is 4. The van der Waals surface area contributed by atoms with E-state index in [2.05, 4.69) is 15.6 Å². The Balaban J connectivity index is 0.00000210. The number of anilines is 1. The number of hydrogen-bond acceptors (Lipinski definition) is 5. The highest BCUT2D eigenvalue weighted by atomic mass is 35.5. The molecule has 7 heteroatoms. The van der Waals surface area contributed by atoms with E-state index in [-0.39, 0.29) is 24.4 Å². The number of benzene rings is 2. The average molecular weight is 402 g/mol. The van der Waals surface area contributed by atoms with Crippen LogP contribution in [0.1, 0.15) is 22.2 Å². The minimum atomic E-state index is -0.202. The van der Waals surface area contributed by atoms with Gasteiger partial charge in [-0.05, 0) is 17.7 Å². The second-order valence-corrected chi connectivity index (χ2v) is 6.90. The molecular formula is C20H20ClN3O2S. The van der Waals surface area contributed by atoms with E-state index in [1.165, 1.54) is 11.3 Å². The Labute approximate surface area is 168 Å². The molecule has 1 aliphatic rings. The van der Waals surface area contributed by atoms with Crippen LogP contribution in [0.4, 0.5) is 5.69 Å². The van der Waals surface area contributed by atoms with Crippen molar-refractivity contribution < 1.29 is 9.53 Å². The number of thiazole rings is 1. The van der Waals surface area contributed by atoms with Crippen LogP contribution < -0.4 is 10.6 Å². The zero-order valence-electron chi connectivity index (χ0n) is 14.6. The molecule has 1 aliphatic heterocycles. The zero-order chi connectivity index (χ0) is 17.8. The third-order valence-corrected chi connectivity index (χ3v) is 5.12. The largest absolute Gasteiger partial charge is 0.371 e. The highest BCUT2D eigenvalue weighted by molar-refractivity contribution is 7.13. The molecule has 0 radical (unpaired) electrons. The summed E-state index contributed by atoms with van der Waals surface area (Å²) in [5.41, 5.74) is 3.30. The smallest absolute Gasteiger partial charge is 0.275 e. The van der Waals surface area contributed by atoms with Crippen molar-refractivity contribution in [1.82, 2.24) is 10.3 Å². The summed E-state index contributed by atoms with van der Waals surface area (Å²) in [5, 5.41) is 8.84. The molecule has 1 atom stereocenters. The van der Waals surface area contributed by atoms with E-state index in [0.29, 0.717) is 5.69 Å². The first-order chi connectivity index (χ1) is 12.8. The van der Waals surface area contributed by atoms with E-state index in [9.17, 15) is 4.79 Å². The maximum atomic E-state index is 12.4. The van der Waals surface area contributed by atoms with Crippen LogP contribution >= 0.6 is 23.7 Å². The van der Waals surface area contributed by atoms with Crippen LogP contribution in [0.3, 0.4) is 0 Å². The van der Waals surface area contributed by atoms with Gasteiger partial charge in [0.2, 0.25) is 0 Å². The molecule has 2 heterocycles. The van der Waals surface area contributed by atoms with E-state index in [1.807, 2.05) is 54.6 Å². The summed E-state index contributed by atoms with van der Waals surface area (Å²) in [6.45, 7) is 2.42. The highest BCUT2D eigenvalue weighted by Crippen LogP contribution is 2.24. The Morgan fingerprint density at radius 3 is 2.63 bits per heavy atom. The van der Waals surface area contributed by atoms with Gasteiger partial charge in [-0.15, -0.1) is 23.7 Å². The summed E-state index contributed by atoms with van der Waals surface area (Å²) in [6, 6.07) is 17.6. The van der Waals surface area contributed by atoms with Crippen molar-refractivity contribution >= 4 is 35.3 Å². The number of halogens is 1. The van der Waals surface area contributed by atoms with Gasteiger partial charge in [-0.1, -0.05) is 42.5 Å². The number of morpholine rings is 1. The molecule has 2 N–H and O–H groups in total. The lowest BCUT2D eigenvalue weighted by Gasteiger charge is -2.24. The fraction of sp³-hybridized carbons (Fsp3) is 0.200. The van der Waals surface area contributed by atoms with Crippen molar-refractivity contribution in [3.05, 3.63) is 71.2 Å². The number of ether oxygens (including phenoxy) is 1. The predicted molar refractivity (Wildman–Crippen MR) is 111 cm³/mol. The fourth-order valence-electron chi connectivity index (χ4n) is 2.85. The lowest BCUT2D eigenvalue weighted by Crippen LogP contribution is -2.33. The van der Waals surface area contributed by atoms with E-state index in [1.54, 1.807) is 5.38 Å². The Morgan fingerprint density at radius 1 is 1.15 bits per heavy atom. The van der Waals surface area contributed by atoms with Gasteiger partial charge in [0.25, 0.3) is 5.91 Å². The first kappa shape index (κ1) is 19.5. The van der Waals surface area contributed by atoms with Crippen LogP contribution in [0.5, 0.6) is 0 Å². The molecule has 5 nitrogen and oxygen atoms in total. The topological polar surface area (TPSA) is 63.2 Å². The third kappa shape index (κ3) is 4.73. The molecule has 27 heavy (non-hydrogen) atoms. The van der Waals surface area contributed by atoms with E-state index < -0.39 is 0 Å². The predicted octanol–water partition coefficient (Wildman–Crippen LogP) is 4.15. The van der Waals surface area contributed by atoms with Crippen LogP contribution in [0.25, 0.3) is 10.6 Å². The minimum Gasteiger partial charge on any atom is -0.371 e. The summed E-state index contributed by atoms with van der Waals surface area (Å²) in [6.07, 6.45) is 0.0699. The second kappa shape index (κ2) is 9.10. The Morgan fingerprint density at radius 2 is 1.93 bits per heavy atom. The van der Waals surface area contributed by atoms with Gasteiger partial charge >= 0.3 is 0 Å². The summed E-state index contributed by atoms with van der Waals surface area (Å²) >= 11 is 1.47. The first-order valence-corrected chi connectivity index (χ1v) is 9.42. The number of hydrogen-bond donors (Lipinski definition) is 2. The fourth-order valence-corrected chi connectivity index (χ4v) is 3.65. The number of nitrogens with zero attached hydrogens (tertiary/aromatic N) is 1. The van der Waals surface area contributed by atoms with Gasteiger partial charge in [0, 0.05) is 29.7 Å². The SMILES string of the molecule is Cl.O=C(Nc1ccc(C2CNCCO2)cc1)c1csc(-c2ccccc2)n1. The summed E-state index contributed by atoms with van der Waals surface area (Å²) < 4.78 is 5.74. The van der Waals surface area contributed by atoms with Gasteiger partial charge < -0.3 is 15.4 Å². The molecule has 1 fully saturated rings. The van der Waals surface area contributed by atoms with Crippen molar-refractivity contribution in [2.45, 2.75) is 6.10 Å². The lowest BCUT2D eigenvalue weighted by atomic mass is 10.1. The third-order valence-electron chi connectivity index (χ3n) is 4.23. The molecule has 0 aliphatic carbocycles. The molecule has 2 aromatic carbocycles. The van der Waals surface area contributed by atoms with Crippen molar-refractivity contribution in [3.63, 3.8) is 0 Å². The van der Waals surface area contributed by atoms with Crippen LogP contribution in [-0.2, 0) is 4.74 Å². The Bertz CT molecular complexity index is 878. The standard InChI is InChI=1S/C20H19N3O2S.ClH/c24-19(17-13-26-20(23-17)15-4-2-1-3-5-15)22-16-8-6-14(7-9-16)18-12-21-10-11-25-18;/h1-9,13,18,21H,10-12H2,(H,22,24);1H. The van der Waals surface area contributed by atoms with E-state index >= 15 is 0 Å². The van der Waals surface area contributed by atoms with Gasteiger partial charge in [-0.25, -0.2) is 4.98 Å². The molecule has 0 bridgehead atoms. The van der Waals surface area contributed by atoms with Crippen molar-refractivity contribution in [1.29, 1.82) is 0 Å². The summed E-state index contributed by atoms with van der Waals surface area (Å²) in [4.78, 5) is 16.9. The average Bonchev–Trinajstić information content (AvgIpc) is 3.20. The maximum Gasteiger partial charge on any atom is 0.275 e. The number of nitrogens with one attached hydrogen (secondary N) is 2. The lowest BCUT2D eigenvalue weighted by molar-refractivity contribution is 0.0277. The quantitative estimate of drug-likeness (QED) is 0.689. The molecule has 0 spiro atoms. The molecular weight excluding hydrogens is 382 g/mol. The molecule has 1 unspecified atom stereocenters. The molecule has 0 saturated carbocycles. The van der Waals surface area contributed by atoms with Crippen molar-refractivity contribution in [2.24, 2.45) is 0 Å². The van der Waals surface area contributed by atoms with E-state index in [4.69, 9.17) is 4.74 Å². The van der Waals surface area contributed by atoms with Gasteiger partial charge in [-0.3, -0.25) is 4.79 Å². The molecule has 4 rings (SSSR count). The highest BCUT2D eigenvalue weighted by Gasteiger charge is 2.16. The Kier molecular flexibility index (Phi) is 6.58. The van der Waals surface area contributed by atoms with Gasteiger partial charge in [0.05, 0.1) is 12.7 Å². The van der Waals surface area contributed by atoms with Gasteiger partial charge in [0.15, 0.2) is 0 Å². The molecule has 1 saturated heterocycles. The molecule has 3 aromatic rings. The maximum absolute atomic E-state index is 12.4. The monoisotopic (exact) mass is 401 g/mol. The van der Waals surface area contributed by atoms with Crippen LogP contribution in [0.15, 0.2) is 60.0 Å². The zero-order valence-corrected chi connectivity index (χ0v) is 16.2. The van der Waals surface area contributed by atoms with Crippen LogP contribution in [0, 0.1) is 0 Å². The summed E-state index contributed by atoms with van der Waals surface area (Å²) in [7, 11) is 0. The van der Waals surface area contributed by atoms with Crippen molar-refractivity contribution in [2.75, 3.05) is 25.0 Å². The second-order valence-electron chi connectivity index (χ2n) is 6.04. The summed E-state index contributed by atoms with van der Waals surface area (Å²) in [5.74, 6) is -0.202. The molecule has 1 aromatic heterocycles. The van der Waals surface area contributed by atoms with Crippen molar-refractivity contribution in [3.8, 4) is 10.6 Å². The normalized spacial score (nSPS) is 16.4. The van der Waals surface area contributed by atoms with Gasteiger partial charge in [-0.2, -0.15) is 0 Å². The number of carbonyl (C=O) groups excluding carboxylic acids is 1. The Hall–Kier alpha value is -2.25. The van der Waals surface area contributed by atoms with Crippen LogP contribution in [0.2, 0.25) is 0 Å². The molecule has 1 amide bonds. The minimum absolute atomic E-state index is 0. The van der Waals surface area contributed by atoms with Gasteiger partial charge in [0.1, 0.15) is 10.7 Å². The van der Waals surface area contributed by atoms with E-state index in [0.717, 1.165) is 41.5 Å².